The summed E-state index contributed by atoms with van der Waals surface area (Å²) in [5.41, 5.74) is 0. The van der Waals surface area contributed by atoms with Gasteiger partial charge in [-0.25, -0.2) is 9.59 Å². The average Bonchev–Trinajstić information content (AvgIpc) is 0.745. The number of nitrogens with one attached hydrogen (secondary N) is 4. The van der Waals surface area contributed by atoms with Crippen molar-refractivity contribution in [3.05, 3.63) is 12.2 Å². The number of allylic oxidation sites excluding steroid dienone is 1. The van der Waals surface area contributed by atoms with Crippen LogP contribution in [0.4, 0.5) is 0 Å². The van der Waals surface area contributed by atoms with Gasteiger partial charge in [0.2, 0.25) is 23.6 Å². The van der Waals surface area contributed by atoms with Crippen LogP contribution in [0.25, 0.3) is 0 Å². The van der Waals surface area contributed by atoms with Crippen LogP contribution in [0.5, 0.6) is 0 Å². The molecule has 7 saturated heterocycles. The van der Waals surface area contributed by atoms with Crippen LogP contribution >= 0.6 is 0 Å². The fraction of sp³-hybridized carbons (Fsp3) is 0.915. The van der Waals surface area contributed by atoms with E-state index in [-0.39, 0.29) is 12.3 Å². The lowest BCUT2D eigenvalue weighted by Gasteiger charge is -2.52. The van der Waals surface area contributed by atoms with Crippen LogP contribution in [-0.2, 0) is 95.1 Å². The smallest absolute Gasteiger partial charge is 0.364 e. The maximum atomic E-state index is 13.8. The number of hydrogen-bond donors (Lipinski definition) is 30. The molecule has 4 amide bonds. The number of ether oxygens (including phenoxy) is 14. The van der Waals surface area contributed by atoms with Gasteiger partial charge in [0.25, 0.3) is 11.6 Å². The molecule has 50 nitrogen and oxygen atoms in total. The predicted octanol–water partition coefficient (Wildman–Crippen LogP) is -6.54. The molecule has 7 rings (SSSR count). The molecule has 0 spiro atoms. The van der Waals surface area contributed by atoms with Crippen molar-refractivity contribution in [2.75, 3.05) is 66.1 Å². The highest BCUT2D eigenvalue weighted by atomic mass is 16.8. The highest BCUT2D eigenvalue weighted by Crippen LogP contribution is 2.43. The van der Waals surface area contributed by atoms with Crippen molar-refractivity contribution in [3.63, 3.8) is 0 Å². The highest BCUT2D eigenvalue weighted by molar-refractivity contribution is 5.79. The van der Waals surface area contributed by atoms with Gasteiger partial charge in [0, 0.05) is 26.2 Å². The average molecular weight is 2090 g/mol. The number of carboxylic acids is 2. The van der Waals surface area contributed by atoms with Gasteiger partial charge in [-0.1, -0.05) is 206 Å². The third-order valence-electron chi connectivity index (χ3n) is 27.4. The molecule has 7 fully saturated rings. The minimum atomic E-state index is -3.64. The largest absolute Gasteiger partial charge is 0.477 e. The zero-order chi connectivity index (χ0) is 106. The Hall–Kier alpha value is -4.96. The van der Waals surface area contributed by atoms with Crippen LogP contribution in [0, 0.1) is 0 Å². The monoisotopic (exact) mass is 2090 g/mol. The predicted molar refractivity (Wildman–Crippen MR) is 494 cm³/mol. The zero-order valence-electron chi connectivity index (χ0n) is 82.4. The molecule has 144 heavy (non-hydrogen) atoms. The van der Waals surface area contributed by atoms with Crippen LogP contribution < -0.4 is 21.3 Å². The van der Waals surface area contributed by atoms with Crippen LogP contribution in [0.15, 0.2) is 12.2 Å². The van der Waals surface area contributed by atoms with Gasteiger partial charge < -0.3 is 220 Å². The van der Waals surface area contributed by atoms with E-state index < -0.39 is 347 Å². The van der Waals surface area contributed by atoms with E-state index in [0.717, 1.165) is 64.7 Å². The molecule has 30 N–H and O–H groups in total. The summed E-state index contributed by atoms with van der Waals surface area (Å²) >= 11 is 0. The number of carbonyl (C=O) groups excluding carboxylic acids is 4. The number of unbranched alkanes of at least 4 members (excludes halogenated alkanes) is 29. The van der Waals surface area contributed by atoms with Crippen molar-refractivity contribution < 1.29 is 228 Å². The first-order valence-electron chi connectivity index (χ1n) is 51.1. The molecule has 7 heterocycles. The second-order valence-electron chi connectivity index (χ2n) is 38.5. The first-order chi connectivity index (χ1) is 68.9. The zero-order valence-corrected chi connectivity index (χ0v) is 82.4. The van der Waals surface area contributed by atoms with E-state index in [1.54, 1.807) is 6.08 Å². The van der Waals surface area contributed by atoms with Crippen LogP contribution in [0.2, 0.25) is 0 Å². The number of aliphatic hydroxyl groups excluding tert-OH is 24. The summed E-state index contributed by atoms with van der Waals surface area (Å²) in [4.78, 5) is 79.3. The second kappa shape index (κ2) is 64.8. The van der Waals surface area contributed by atoms with E-state index in [9.17, 15) is 162 Å². The maximum absolute atomic E-state index is 13.8. The Labute approximate surface area is 836 Å². The van der Waals surface area contributed by atoms with E-state index in [2.05, 4.69) is 24.5 Å². The molecule has 0 aromatic heterocycles. The fourth-order valence-corrected chi connectivity index (χ4v) is 19.1. The third-order valence-corrected chi connectivity index (χ3v) is 27.4. The molecule has 0 aliphatic carbocycles. The lowest BCUT2D eigenvalue weighted by atomic mass is 9.87. The molecular weight excluding hydrogens is 1920 g/mol. The van der Waals surface area contributed by atoms with Gasteiger partial charge in [0.1, 0.15) is 172 Å². The number of carbonyl (C=O) groups is 6. The second-order valence-corrected chi connectivity index (χ2v) is 38.5. The van der Waals surface area contributed by atoms with Gasteiger partial charge in [0.15, 0.2) is 31.5 Å². The first-order valence-corrected chi connectivity index (χ1v) is 51.1. The molecule has 0 saturated carbocycles. The summed E-state index contributed by atoms with van der Waals surface area (Å²) in [7, 11) is 0. The van der Waals surface area contributed by atoms with Crippen molar-refractivity contribution in [1.29, 1.82) is 0 Å². The first kappa shape index (κ1) is 126. The number of hydrogen-bond acceptors (Lipinski definition) is 44. The Morgan fingerprint density at radius 3 is 1.18 bits per heavy atom. The number of aliphatic carboxylic acids is 2. The summed E-state index contributed by atoms with van der Waals surface area (Å²) in [6.45, 7) is -6.62. The quantitative estimate of drug-likeness (QED) is 0.0199. The van der Waals surface area contributed by atoms with Gasteiger partial charge in [-0.05, 0) is 19.3 Å². The topological polar surface area (TPSA) is 806 Å². The van der Waals surface area contributed by atoms with E-state index in [1.807, 2.05) is 16.7 Å². The number of carboxylic acid groups (broad SMARTS) is 2. The Balaban J connectivity index is 1.02. The summed E-state index contributed by atoms with van der Waals surface area (Å²) in [6.07, 6.45) is -37.2. The summed E-state index contributed by atoms with van der Waals surface area (Å²) in [6, 6.07) is -7.37. The maximum Gasteiger partial charge on any atom is 0.364 e. The lowest BCUT2D eigenvalue weighted by Crippen LogP contribution is -2.72. The third kappa shape index (κ3) is 36.4. The number of amides is 4. The Kier molecular flexibility index (Phi) is 56.7. The summed E-state index contributed by atoms with van der Waals surface area (Å²) < 4.78 is 82.2. The SMILES string of the molecule is CCCCCCCCCCCCC/C=C/[C@@H](O)[C@H](CO[C@@H]1OC(CO)[C@@H](O[C@@H]2OC(CO)[C@H](O[C@@H]3OC(CO)[C@H](O)[C@H](O[C@@H]4OC(CO)[C@H](O)[C@H](O[C@@H]5OC(CO)[C@H](O)[C@H](O[C@]6(C(=O)O)CC(O)[C@@H](NC(=O)CO)C([C@H](O)[C@@H](CO)O[C@]7(C(=O)O)CC(O)[C@@H](NC(=O)CO)C([C@H](O)[C@H](O)CO)O7)O6)C5O)C4NC(C)=O)C3O)[C@H](O)C2O)[C@H](O)C1O)NC(=O)CCCCCCCCCCCCCCCCCCCCC. The number of rotatable bonds is 68. The Bertz CT molecular complexity index is 3660. The van der Waals surface area contributed by atoms with Gasteiger partial charge in [-0.3, -0.25) is 19.2 Å². The van der Waals surface area contributed by atoms with Gasteiger partial charge in [0.05, 0.1) is 89.3 Å². The molecule has 0 aromatic rings. The fourth-order valence-electron chi connectivity index (χ4n) is 19.1. The summed E-state index contributed by atoms with van der Waals surface area (Å²) in [5, 5.41) is 300. The molecule has 39 atom stereocenters. The highest BCUT2D eigenvalue weighted by Gasteiger charge is 2.64. The molecule has 14 unspecified atom stereocenters. The van der Waals surface area contributed by atoms with Crippen molar-refractivity contribution >= 4 is 35.6 Å². The van der Waals surface area contributed by atoms with Crippen molar-refractivity contribution in [1.82, 2.24) is 21.3 Å². The minimum Gasteiger partial charge on any atom is -0.477 e. The molecule has 50 heteroatoms. The van der Waals surface area contributed by atoms with Gasteiger partial charge in [-0.15, -0.1) is 0 Å². The van der Waals surface area contributed by atoms with Gasteiger partial charge >= 0.3 is 11.9 Å². The van der Waals surface area contributed by atoms with Crippen molar-refractivity contribution in [2.45, 2.75) is 477 Å². The van der Waals surface area contributed by atoms with E-state index in [0.29, 0.717) is 12.8 Å². The van der Waals surface area contributed by atoms with Crippen LogP contribution in [-0.4, -0.2) is 473 Å². The molecule has 0 aromatic carbocycles. The van der Waals surface area contributed by atoms with E-state index >= 15 is 0 Å². The lowest BCUT2D eigenvalue weighted by molar-refractivity contribution is -0.393. The van der Waals surface area contributed by atoms with Crippen LogP contribution in [0.1, 0.15) is 239 Å². The normalized spacial score (nSPS) is 35.6. The van der Waals surface area contributed by atoms with E-state index in [1.165, 1.54) is 128 Å². The van der Waals surface area contributed by atoms with E-state index in [4.69, 9.17) is 66.3 Å². The summed E-state index contributed by atoms with van der Waals surface area (Å²) in [5.74, 6) is -15.8. The molecule has 838 valence electrons. The molecule has 0 bridgehead atoms. The van der Waals surface area contributed by atoms with Crippen molar-refractivity contribution in [2.24, 2.45) is 0 Å². The number of aliphatic hydroxyl groups is 24. The molecule has 0 radical (unpaired) electrons. The van der Waals surface area contributed by atoms with Crippen LogP contribution in [0.3, 0.4) is 0 Å². The Morgan fingerprint density at radius 1 is 0.382 bits per heavy atom. The standard InChI is InChI=1S/C94H166N4O46/c1-4-6-8-10-12-14-16-18-19-20-21-22-23-25-27-29-31-33-35-37-62(113)96-51(52(109)36-34-32-30-28-26-24-17-15-13-11-9-7-5-2)49-131-87-75(123)73(121)79(60(45-104)135-87)137-88-76(124)74(122)80(61(46-105)136-88)138-89-77(125)84(70(118)57(42-101)133-89)140-86-67(95-50(3)108)81(69(117)56(41-100)132-86)139-90-78(126)85(71(119)58(43-102)134-90)144-94(92(129)130)39-54(111)66(98-64(115)48-107)83(143-94)72(120)59(44-103)141-93(91(127)128)38-53(110)65(97-63(114)47-106)82(142-93)68(116)55(112)40-99/h34,36,51-61,65-90,99-107,109-112,116-126H,4-33,35,37-49H2,1-3H3,(H,95,108)(H,96,113)(H,97,114)(H,98,115)(H,127,128)(H,129,130)/b36-34+/t51-,52+,53?,54?,55+,56?,57?,58?,59+,60?,61?,65+,66+,67?,68+,69-,70-,71-,72+,73+,74+,75?,76?,77?,78?,79+,80-,81+,82?,83?,84-,85-,86-,87+,88-,89-,90-,93+,94-/m0/s1. The Morgan fingerprint density at radius 2 is 0.750 bits per heavy atom. The molecule has 7 aliphatic heterocycles. The molecular formula is C94H166N4O46. The molecule has 7 aliphatic rings. The van der Waals surface area contributed by atoms with Crippen molar-refractivity contribution in [3.8, 4) is 0 Å². The van der Waals surface area contributed by atoms with Gasteiger partial charge in [-0.2, -0.15) is 0 Å². The minimum absolute atomic E-state index is 0.141.